The van der Waals surface area contributed by atoms with Crippen LogP contribution < -0.4 is 10.5 Å². The second-order valence-electron chi connectivity index (χ2n) is 5.27. The predicted octanol–water partition coefficient (Wildman–Crippen LogP) is 4.97. The minimum atomic E-state index is -4.47. The molecule has 2 aromatic carbocycles. The molecular formula is C17H20F3NO. The molecule has 1 atom stereocenters. The Morgan fingerprint density at radius 2 is 1.73 bits per heavy atom. The van der Waals surface area contributed by atoms with Gasteiger partial charge in [0.25, 0.3) is 0 Å². The maximum absolute atomic E-state index is 12.9. The highest BCUT2D eigenvalue weighted by Crippen LogP contribution is 2.37. The van der Waals surface area contributed by atoms with Crippen molar-refractivity contribution in [1.29, 1.82) is 0 Å². The largest absolute Gasteiger partial charge is 0.493 e. The van der Waals surface area contributed by atoms with E-state index < -0.39 is 12.2 Å². The fraction of sp³-hybridized carbons (Fsp3) is 0.412. The quantitative estimate of drug-likeness (QED) is 0.764. The van der Waals surface area contributed by atoms with Crippen molar-refractivity contribution in [2.45, 2.75) is 38.4 Å². The maximum Gasteiger partial charge on any atom is 0.407 e. The zero-order valence-electron chi connectivity index (χ0n) is 12.5. The molecule has 0 amide bonds. The van der Waals surface area contributed by atoms with Crippen LogP contribution in [0.1, 0.15) is 37.8 Å². The summed E-state index contributed by atoms with van der Waals surface area (Å²) in [5.74, 6) is 0.602. The van der Waals surface area contributed by atoms with Crippen molar-refractivity contribution in [1.82, 2.24) is 0 Å². The molecule has 120 valence electrons. The molecular weight excluding hydrogens is 291 g/mol. The van der Waals surface area contributed by atoms with Crippen LogP contribution in [-0.4, -0.2) is 12.8 Å². The first-order chi connectivity index (χ1) is 10.4. The van der Waals surface area contributed by atoms with Crippen LogP contribution in [0.2, 0.25) is 0 Å². The molecule has 2 aromatic rings. The van der Waals surface area contributed by atoms with Gasteiger partial charge in [0.1, 0.15) is 11.8 Å². The van der Waals surface area contributed by atoms with Gasteiger partial charge in [0, 0.05) is 5.39 Å². The topological polar surface area (TPSA) is 35.2 Å². The Morgan fingerprint density at radius 1 is 1.05 bits per heavy atom. The Hall–Kier alpha value is -1.75. The fourth-order valence-electron chi connectivity index (χ4n) is 2.40. The maximum atomic E-state index is 12.9. The summed E-state index contributed by atoms with van der Waals surface area (Å²) in [7, 11) is 0. The molecule has 0 heterocycles. The Kier molecular flexibility index (Phi) is 5.29. The summed E-state index contributed by atoms with van der Waals surface area (Å²) in [6.45, 7) is 2.66. The summed E-state index contributed by atoms with van der Waals surface area (Å²) in [6, 6.07) is 7.89. The van der Waals surface area contributed by atoms with Gasteiger partial charge in [-0.2, -0.15) is 13.2 Å². The normalized spacial score (nSPS) is 13.3. The summed E-state index contributed by atoms with van der Waals surface area (Å²) < 4.78 is 44.4. The van der Waals surface area contributed by atoms with Gasteiger partial charge in [-0.1, -0.05) is 50.1 Å². The molecule has 5 heteroatoms. The van der Waals surface area contributed by atoms with Gasteiger partial charge in [-0.25, -0.2) is 0 Å². The lowest BCUT2D eigenvalue weighted by Crippen LogP contribution is -2.28. The van der Waals surface area contributed by atoms with Crippen molar-refractivity contribution in [2.24, 2.45) is 5.73 Å². The van der Waals surface area contributed by atoms with Gasteiger partial charge in [0.15, 0.2) is 0 Å². The first kappa shape index (κ1) is 16.6. The smallest absolute Gasteiger partial charge is 0.407 e. The van der Waals surface area contributed by atoms with Crippen molar-refractivity contribution in [3.8, 4) is 5.75 Å². The van der Waals surface area contributed by atoms with Gasteiger partial charge >= 0.3 is 6.18 Å². The third-order valence-electron chi connectivity index (χ3n) is 3.61. The van der Waals surface area contributed by atoms with Gasteiger partial charge in [-0.05, 0) is 23.4 Å². The van der Waals surface area contributed by atoms with Crippen LogP contribution in [0.4, 0.5) is 13.2 Å². The predicted molar refractivity (Wildman–Crippen MR) is 82.0 cm³/mol. The first-order valence-electron chi connectivity index (χ1n) is 7.42. The number of hydrogen-bond donors (Lipinski definition) is 1. The van der Waals surface area contributed by atoms with Gasteiger partial charge in [-0.3, -0.25) is 0 Å². The van der Waals surface area contributed by atoms with E-state index in [-0.39, 0.29) is 5.56 Å². The van der Waals surface area contributed by atoms with E-state index in [2.05, 4.69) is 6.92 Å². The van der Waals surface area contributed by atoms with Crippen molar-refractivity contribution in [3.63, 3.8) is 0 Å². The summed E-state index contributed by atoms with van der Waals surface area (Å²) in [5.41, 5.74) is 5.44. The van der Waals surface area contributed by atoms with Crippen LogP contribution >= 0.6 is 0 Å². The lowest BCUT2D eigenvalue weighted by Gasteiger charge is -2.19. The van der Waals surface area contributed by atoms with Crippen LogP contribution in [0.15, 0.2) is 36.4 Å². The molecule has 2 N–H and O–H groups in total. The molecule has 0 saturated heterocycles. The van der Waals surface area contributed by atoms with Gasteiger partial charge in [0.05, 0.1) is 6.61 Å². The second-order valence-corrected chi connectivity index (χ2v) is 5.27. The Labute approximate surface area is 128 Å². The third-order valence-corrected chi connectivity index (χ3v) is 3.61. The number of fused-ring (bicyclic) bond motifs is 1. The number of hydrogen-bond acceptors (Lipinski definition) is 2. The van der Waals surface area contributed by atoms with Crippen molar-refractivity contribution in [3.05, 3.63) is 42.0 Å². The lowest BCUT2D eigenvalue weighted by molar-refractivity contribution is -0.148. The molecule has 0 unspecified atom stereocenters. The Bertz CT molecular complexity index is 625. The van der Waals surface area contributed by atoms with Gasteiger partial charge in [0.2, 0.25) is 0 Å². The molecule has 0 aliphatic rings. The molecule has 0 radical (unpaired) electrons. The molecule has 0 bridgehead atoms. The van der Waals surface area contributed by atoms with E-state index in [9.17, 15) is 13.2 Å². The second kappa shape index (κ2) is 7.01. The summed E-state index contributed by atoms with van der Waals surface area (Å²) in [4.78, 5) is 0. The van der Waals surface area contributed by atoms with E-state index in [0.29, 0.717) is 23.1 Å². The lowest BCUT2D eigenvalue weighted by atomic mass is 9.98. The highest BCUT2D eigenvalue weighted by molar-refractivity contribution is 5.91. The summed E-state index contributed by atoms with van der Waals surface area (Å²) in [6.07, 6.45) is -1.39. The number of rotatable bonds is 6. The molecule has 0 fully saturated rings. The first-order valence-corrected chi connectivity index (χ1v) is 7.42. The van der Waals surface area contributed by atoms with Crippen LogP contribution in [0.3, 0.4) is 0 Å². The number of halogens is 3. The molecule has 0 aromatic heterocycles. The highest BCUT2D eigenvalue weighted by atomic mass is 19.4. The van der Waals surface area contributed by atoms with E-state index in [1.54, 1.807) is 30.3 Å². The molecule has 2 nitrogen and oxygen atoms in total. The number of nitrogens with two attached hydrogens (primary N) is 1. The monoisotopic (exact) mass is 311 g/mol. The summed E-state index contributed by atoms with van der Waals surface area (Å²) in [5, 5.41) is 1.15. The van der Waals surface area contributed by atoms with E-state index in [1.165, 1.54) is 6.07 Å². The van der Waals surface area contributed by atoms with E-state index in [1.807, 2.05) is 0 Å². The summed E-state index contributed by atoms with van der Waals surface area (Å²) >= 11 is 0. The van der Waals surface area contributed by atoms with E-state index in [0.717, 1.165) is 19.3 Å². The van der Waals surface area contributed by atoms with Crippen LogP contribution in [0.25, 0.3) is 10.8 Å². The SMILES string of the molecule is CCCCCOc1ccc([C@H](N)C(F)(F)F)c2ccccc12. The Balaban J connectivity index is 2.35. The number of unbranched alkanes of at least 4 members (excludes halogenated alkanes) is 2. The minimum absolute atomic E-state index is 0.0732. The van der Waals surface area contributed by atoms with Crippen molar-refractivity contribution >= 4 is 10.8 Å². The number of benzene rings is 2. The minimum Gasteiger partial charge on any atom is -0.493 e. The number of ether oxygens (including phenoxy) is 1. The molecule has 0 spiro atoms. The molecule has 0 aliphatic heterocycles. The molecule has 2 rings (SSSR count). The zero-order valence-corrected chi connectivity index (χ0v) is 12.5. The highest BCUT2D eigenvalue weighted by Gasteiger charge is 2.38. The average molecular weight is 311 g/mol. The fourth-order valence-corrected chi connectivity index (χ4v) is 2.40. The average Bonchev–Trinajstić information content (AvgIpc) is 2.50. The molecule has 0 saturated carbocycles. The standard InChI is InChI=1S/C17H20F3NO/c1-2-3-6-11-22-15-10-9-14(16(21)17(18,19)20)12-7-4-5-8-13(12)15/h4-5,7-10,16H,2-3,6,11,21H2,1H3/t16-/m0/s1. The van der Waals surface area contributed by atoms with Crippen molar-refractivity contribution < 1.29 is 17.9 Å². The van der Waals surface area contributed by atoms with Crippen LogP contribution in [0, 0.1) is 0 Å². The van der Waals surface area contributed by atoms with E-state index >= 15 is 0 Å². The van der Waals surface area contributed by atoms with Gasteiger partial charge in [-0.15, -0.1) is 0 Å². The van der Waals surface area contributed by atoms with Gasteiger partial charge < -0.3 is 10.5 Å². The third kappa shape index (κ3) is 3.71. The van der Waals surface area contributed by atoms with E-state index in [4.69, 9.17) is 10.5 Å². The Morgan fingerprint density at radius 3 is 2.36 bits per heavy atom. The number of alkyl halides is 3. The van der Waals surface area contributed by atoms with Crippen LogP contribution in [-0.2, 0) is 0 Å². The molecule has 0 aliphatic carbocycles. The molecule has 22 heavy (non-hydrogen) atoms. The van der Waals surface area contributed by atoms with Crippen LogP contribution in [0.5, 0.6) is 5.75 Å². The van der Waals surface area contributed by atoms with Crippen molar-refractivity contribution in [2.75, 3.05) is 6.61 Å². The zero-order chi connectivity index (χ0) is 16.2.